The van der Waals surface area contributed by atoms with Crippen LogP contribution in [0.4, 0.5) is 14.5 Å². The fourth-order valence-electron chi connectivity index (χ4n) is 2.17. The lowest BCUT2D eigenvalue weighted by Crippen LogP contribution is -2.12. The van der Waals surface area contributed by atoms with Gasteiger partial charge in [0.15, 0.2) is 5.75 Å². The SMILES string of the molecule is O=[N+]([O-])c1ccc(OS(=O)(=O)c2ccc(F)cc2F)c(-c2cccs2)c1. The summed E-state index contributed by atoms with van der Waals surface area (Å²) in [5, 5.41) is 12.7. The molecule has 0 amide bonds. The summed E-state index contributed by atoms with van der Waals surface area (Å²) in [7, 11) is -4.61. The summed E-state index contributed by atoms with van der Waals surface area (Å²) >= 11 is 1.22. The van der Waals surface area contributed by atoms with Crippen LogP contribution in [0.3, 0.4) is 0 Å². The van der Waals surface area contributed by atoms with Gasteiger partial charge in [0.25, 0.3) is 5.69 Å². The van der Waals surface area contributed by atoms with E-state index in [4.69, 9.17) is 4.18 Å². The van der Waals surface area contributed by atoms with Crippen molar-refractivity contribution < 1.29 is 26.3 Å². The second-order valence-electron chi connectivity index (χ2n) is 5.03. The zero-order valence-corrected chi connectivity index (χ0v) is 14.4. The molecule has 0 aliphatic heterocycles. The molecule has 0 bridgehead atoms. The molecule has 0 spiro atoms. The first-order valence-electron chi connectivity index (χ1n) is 7.00. The third-order valence-electron chi connectivity index (χ3n) is 3.32. The second kappa shape index (κ2) is 6.81. The number of non-ortho nitro benzene ring substituents is 1. The summed E-state index contributed by atoms with van der Waals surface area (Å²) in [6, 6.07) is 8.61. The van der Waals surface area contributed by atoms with Crippen molar-refractivity contribution in [3.8, 4) is 16.2 Å². The van der Waals surface area contributed by atoms with Crippen LogP contribution in [0.2, 0.25) is 0 Å². The summed E-state index contributed by atoms with van der Waals surface area (Å²) in [5.41, 5.74) is -0.0913. The van der Waals surface area contributed by atoms with Crippen molar-refractivity contribution >= 4 is 27.1 Å². The zero-order valence-electron chi connectivity index (χ0n) is 12.8. The standard InChI is InChI=1S/C16H9F2NO5S2/c17-10-3-6-16(13(18)8-10)26(22,23)24-14-5-4-11(19(20)21)9-12(14)15-2-1-7-25-15/h1-9H. The maximum atomic E-state index is 13.8. The van der Waals surface area contributed by atoms with Crippen LogP contribution in [-0.4, -0.2) is 13.3 Å². The van der Waals surface area contributed by atoms with Crippen LogP contribution >= 0.6 is 11.3 Å². The number of nitro benzene ring substituents is 1. The first kappa shape index (κ1) is 18.0. The average molecular weight is 397 g/mol. The largest absolute Gasteiger partial charge is 0.378 e. The van der Waals surface area contributed by atoms with Gasteiger partial charge in [0, 0.05) is 28.6 Å². The molecule has 0 unspecified atom stereocenters. The van der Waals surface area contributed by atoms with E-state index in [2.05, 4.69) is 0 Å². The molecular formula is C16H9F2NO5S2. The van der Waals surface area contributed by atoms with Gasteiger partial charge in [-0.25, -0.2) is 8.78 Å². The van der Waals surface area contributed by atoms with E-state index < -0.39 is 31.6 Å². The zero-order chi connectivity index (χ0) is 18.9. The lowest BCUT2D eigenvalue weighted by atomic mass is 10.1. The third-order valence-corrected chi connectivity index (χ3v) is 5.50. The second-order valence-corrected chi connectivity index (χ2v) is 7.49. The molecule has 26 heavy (non-hydrogen) atoms. The highest BCUT2D eigenvalue weighted by Gasteiger charge is 2.25. The smallest absolute Gasteiger partial charge is 0.342 e. The summed E-state index contributed by atoms with van der Waals surface area (Å²) < 4.78 is 56.5. The molecule has 3 aromatic rings. The van der Waals surface area contributed by atoms with E-state index >= 15 is 0 Å². The number of nitrogens with zero attached hydrogens (tertiary/aromatic N) is 1. The fourth-order valence-corrected chi connectivity index (χ4v) is 3.92. The summed E-state index contributed by atoms with van der Waals surface area (Å²) in [5.74, 6) is -2.44. The van der Waals surface area contributed by atoms with Gasteiger partial charge in [-0.2, -0.15) is 8.42 Å². The topological polar surface area (TPSA) is 86.5 Å². The number of halogens is 2. The maximum absolute atomic E-state index is 13.8. The van der Waals surface area contributed by atoms with Gasteiger partial charge in [0.1, 0.15) is 16.5 Å². The number of benzene rings is 2. The molecule has 6 nitrogen and oxygen atoms in total. The van der Waals surface area contributed by atoms with Gasteiger partial charge in [-0.05, 0) is 29.6 Å². The third kappa shape index (κ3) is 3.55. The summed E-state index contributed by atoms with van der Waals surface area (Å²) in [4.78, 5) is 10.0. The molecule has 0 saturated carbocycles. The normalized spacial score (nSPS) is 11.3. The Balaban J connectivity index is 2.08. The van der Waals surface area contributed by atoms with E-state index in [0.29, 0.717) is 10.9 Å². The molecule has 3 rings (SSSR count). The monoisotopic (exact) mass is 397 g/mol. The predicted octanol–water partition coefficient (Wildman–Crippen LogP) is 4.37. The van der Waals surface area contributed by atoms with Gasteiger partial charge in [-0.3, -0.25) is 10.1 Å². The van der Waals surface area contributed by atoms with Crippen molar-refractivity contribution in [3.05, 3.63) is 75.7 Å². The molecule has 1 heterocycles. The molecule has 1 aromatic heterocycles. The number of nitro groups is 1. The first-order valence-corrected chi connectivity index (χ1v) is 9.28. The molecule has 2 aromatic carbocycles. The van der Waals surface area contributed by atoms with Crippen molar-refractivity contribution in [1.82, 2.24) is 0 Å². The number of thiophene rings is 1. The minimum absolute atomic E-state index is 0.167. The van der Waals surface area contributed by atoms with E-state index in [1.807, 2.05) is 0 Å². The Labute approximate surface area is 150 Å². The molecule has 0 fully saturated rings. The molecular weight excluding hydrogens is 388 g/mol. The van der Waals surface area contributed by atoms with Crippen molar-refractivity contribution in [2.45, 2.75) is 4.90 Å². The van der Waals surface area contributed by atoms with Crippen LogP contribution in [0.5, 0.6) is 5.75 Å². The van der Waals surface area contributed by atoms with Gasteiger partial charge in [0.05, 0.1) is 4.92 Å². The molecule has 0 N–H and O–H groups in total. The molecule has 0 atom stereocenters. The van der Waals surface area contributed by atoms with E-state index in [1.54, 1.807) is 17.5 Å². The van der Waals surface area contributed by atoms with Gasteiger partial charge in [-0.1, -0.05) is 6.07 Å². The van der Waals surface area contributed by atoms with Gasteiger partial charge in [0.2, 0.25) is 0 Å². The van der Waals surface area contributed by atoms with Crippen LogP contribution in [0.15, 0.2) is 58.8 Å². The van der Waals surface area contributed by atoms with Crippen LogP contribution in [0, 0.1) is 21.7 Å². The lowest BCUT2D eigenvalue weighted by molar-refractivity contribution is -0.384. The fraction of sp³-hybridized carbons (Fsp3) is 0. The lowest BCUT2D eigenvalue weighted by Gasteiger charge is -2.11. The minimum Gasteiger partial charge on any atom is -0.378 e. The predicted molar refractivity (Wildman–Crippen MR) is 90.6 cm³/mol. The average Bonchev–Trinajstić information content (AvgIpc) is 3.08. The Morgan fingerprint density at radius 3 is 2.46 bits per heavy atom. The first-order chi connectivity index (χ1) is 12.3. The maximum Gasteiger partial charge on any atom is 0.342 e. The minimum atomic E-state index is -4.61. The van der Waals surface area contributed by atoms with E-state index in [0.717, 1.165) is 30.3 Å². The van der Waals surface area contributed by atoms with E-state index in [1.165, 1.54) is 11.3 Å². The van der Waals surface area contributed by atoms with Crippen molar-refractivity contribution in [2.75, 3.05) is 0 Å². The van der Waals surface area contributed by atoms with Gasteiger partial charge in [-0.15, -0.1) is 11.3 Å². The van der Waals surface area contributed by atoms with Crippen LogP contribution in [0.1, 0.15) is 0 Å². The Kier molecular flexibility index (Phi) is 4.70. The quantitative estimate of drug-likeness (QED) is 0.362. The van der Waals surface area contributed by atoms with E-state index in [-0.39, 0.29) is 17.0 Å². The van der Waals surface area contributed by atoms with Crippen molar-refractivity contribution in [1.29, 1.82) is 0 Å². The number of rotatable bonds is 5. The highest BCUT2D eigenvalue weighted by molar-refractivity contribution is 7.87. The molecule has 0 radical (unpaired) electrons. The van der Waals surface area contributed by atoms with Gasteiger partial charge < -0.3 is 4.18 Å². The number of hydrogen-bond donors (Lipinski definition) is 0. The molecule has 0 saturated heterocycles. The Bertz CT molecular complexity index is 1080. The Hall–Kier alpha value is -2.85. The van der Waals surface area contributed by atoms with Crippen molar-refractivity contribution in [3.63, 3.8) is 0 Å². The Morgan fingerprint density at radius 2 is 1.85 bits per heavy atom. The highest BCUT2D eigenvalue weighted by Crippen LogP contribution is 2.37. The van der Waals surface area contributed by atoms with Crippen LogP contribution < -0.4 is 4.18 Å². The van der Waals surface area contributed by atoms with Crippen LogP contribution in [-0.2, 0) is 10.1 Å². The van der Waals surface area contributed by atoms with Gasteiger partial charge >= 0.3 is 10.1 Å². The highest BCUT2D eigenvalue weighted by atomic mass is 32.2. The Morgan fingerprint density at radius 1 is 1.08 bits per heavy atom. The molecule has 10 heteroatoms. The van der Waals surface area contributed by atoms with Crippen LogP contribution in [0.25, 0.3) is 10.4 Å². The summed E-state index contributed by atoms with van der Waals surface area (Å²) in [6.07, 6.45) is 0. The molecule has 0 aliphatic carbocycles. The molecule has 134 valence electrons. The molecule has 0 aliphatic rings. The number of hydrogen-bond acceptors (Lipinski definition) is 6. The van der Waals surface area contributed by atoms with Crippen molar-refractivity contribution in [2.24, 2.45) is 0 Å². The van der Waals surface area contributed by atoms with E-state index in [9.17, 15) is 27.3 Å². The summed E-state index contributed by atoms with van der Waals surface area (Å²) in [6.45, 7) is 0.